The summed E-state index contributed by atoms with van der Waals surface area (Å²) in [5.74, 6) is -0.223. The summed E-state index contributed by atoms with van der Waals surface area (Å²) >= 11 is 1.40. The third kappa shape index (κ3) is 5.91. The Morgan fingerprint density at radius 2 is 2.03 bits per heavy atom. The van der Waals surface area contributed by atoms with Crippen LogP contribution in [0.4, 0.5) is 5.69 Å². The minimum absolute atomic E-state index is 0. The van der Waals surface area contributed by atoms with Crippen LogP contribution in [0.1, 0.15) is 17.0 Å². The van der Waals surface area contributed by atoms with E-state index in [1.165, 1.54) is 18.4 Å². The first-order valence-electron chi connectivity index (χ1n) is 10.1. The summed E-state index contributed by atoms with van der Waals surface area (Å²) in [4.78, 5) is 13.2. The molecular weight excluding hydrogens is 491 g/mol. The zero-order valence-electron chi connectivity index (χ0n) is 18.9. The number of aliphatic carboxylic acids is 1. The van der Waals surface area contributed by atoms with E-state index >= 15 is 0 Å². The second kappa shape index (κ2) is 10.6. The summed E-state index contributed by atoms with van der Waals surface area (Å²) in [6, 6.07) is 11.0. The topological polar surface area (TPSA) is 123 Å². The van der Waals surface area contributed by atoms with Crippen molar-refractivity contribution in [2.45, 2.75) is 19.9 Å². The van der Waals surface area contributed by atoms with E-state index in [1.807, 2.05) is 25.1 Å². The Morgan fingerprint density at radius 3 is 2.71 bits per heavy atom. The molecule has 0 radical (unpaired) electrons. The standard InChI is InChI=1S/C22H22N2O7S2.Na/c1-14-4-7-19-17(10-14)24(13-22(25)26)21(32-19)12-20-23(8-3-9-33(27,28)29)16-11-15(30-2)5-6-18(16)31-20;/h4-7,10-12H,3,8-9,13H2,1-2H3,(H-,25,26,27,28,29);/q;+1/p-1. The quantitative estimate of drug-likeness (QED) is 0.201. The third-order valence-electron chi connectivity index (χ3n) is 5.13. The predicted molar refractivity (Wildman–Crippen MR) is 120 cm³/mol. The Bertz CT molecular complexity index is 1370. The molecule has 174 valence electrons. The zero-order valence-corrected chi connectivity index (χ0v) is 22.6. The molecule has 0 saturated carbocycles. The molecule has 34 heavy (non-hydrogen) atoms. The number of aryl methyl sites for hydroxylation is 1. The van der Waals surface area contributed by atoms with Gasteiger partial charge in [0.05, 0.1) is 29.0 Å². The number of carboxylic acid groups (broad SMARTS) is 1. The van der Waals surface area contributed by atoms with Gasteiger partial charge >= 0.3 is 29.6 Å². The molecule has 12 heteroatoms. The molecule has 0 saturated heterocycles. The van der Waals surface area contributed by atoms with Gasteiger partial charge in [0.2, 0.25) is 11.4 Å². The predicted octanol–water partition coefficient (Wildman–Crippen LogP) is -1.61. The van der Waals surface area contributed by atoms with Crippen LogP contribution in [0.2, 0.25) is 0 Å². The molecule has 2 aromatic carbocycles. The van der Waals surface area contributed by atoms with E-state index in [0.29, 0.717) is 28.1 Å². The average Bonchev–Trinajstić information content (AvgIpc) is 3.24. The van der Waals surface area contributed by atoms with Crippen LogP contribution in [0.3, 0.4) is 0 Å². The second-order valence-corrected chi connectivity index (χ2v) is 10.1. The minimum Gasteiger partial charge on any atom is -0.748 e. The molecule has 1 aromatic heterocycles. The largest absolute Gasteiger partial charge is 1.00 e. The van der Waals surface area contributed by atoms with Crippen molar-refractivity contribution in [3.8, 4) is 11.5 Å². The van der Waals surface area contributed by atoms with Gasteiger partial charge in [-0.15, -0.1) is 0 Å². The number of hydrogen-bond acceptors (Lipinski definition) is 9. The van der Waals surface area contributed by atoms with E-state index in [9.17, 15) is 22.9 Å². The van der Waals surface area contributed by atoms with Crippen molar-refractivity contribution in [2.75, 3.05) is 24.3 Å². The molecule has 2 heterocycles. The van der Waals surface area contributed by atoms with Crippen molar-refractivity contribution >= 4 is 49.4 Å². The number of methoxy groups -OCH3 is 1. The van der Waals surface area contributed by atoms with Crippen LogP contribution in [0.25, 0.3) is 16.3 Å². The van der Waals surface area contributed by atoms with Crippen LogP contribution in [0.5, 0.6) is 11.5 Å². The minimum atomic E-state index is -4.36. The SMILES string of the molecule is COc1ccc2c(c1)N(CCCS(=O)(=O)[O-])C(=Cc1sc3ccc(C)cc3[n+]1CC(=O)[O-])O2.[Na+]. The van der Waals surface area contributed by atoms with E-state index < -0.39 is 21.8 Å². The fraction of sp³-hybridized carbons (Fsp3) is 0.273. The van der Waals surface area contributed by atoms with Crippen LogP contribution in [0.15, 0.2) is 42.3 Å². The molecule has 4 rings (SSSR count). The van der Waals surface area contributed by atoms with Crippen molar-refractivity contribution < 1.29 is 66.5 Å². The molecular formula is C22H21N2NaO7S2. The van der Waals surface area contributed by atoms with Gasteiger partial charge in [0.25, 0.3) is 5.01 Å². The first-order valence-corrected chi connectivity index (χ1v) is 12.5. The number of carbonyl (C=O) groups is 1. The van der Waals surface area contributed by atoms with Crippen molar-refractivity contribution in [1.29, 1.82) is 0 Å². The molecule has 0 bridgehead atoms. The number of anilines is 1. The summed E-state index contributed by atoms with van der Waals surface area (Å²) in [6.45, 7) is 1.80. The van der Waals surface area contributed by atoms with E-state index in [4.69, 9.17) is 9.47 Å². The number of ether oxygens (including phenoxy) is 2. The third-order valence-corrected chi connectivity index (χ3v) is 7.03. The Labute approximate surface area is 223 Å². The Morgan fingerprint density at radius 1 is 1.26 bits per heavy atom. The van der Waals surface area contributed by atoms with Crippen molar-refractivity contribution in [2.24, 2.45) is 0 Å². The van der Waals surface area contributed by atoms with Gasteiger partial charge < -0.3 is 28.8 Å². The molecule has 1 aliphatic heterocycles. The molecule has 0 N–H and O–H groups in total. The van der Waals surface area contributed by atoms with Gasteiger partial charge in [0.1, 0.15) is 16.4 Å². The first kappa shape index (κ1) is 26.5. The number of fused-ring (bicyclic) bond motifs is 2. The van der Waals surface area contributed by atoms with Crippen molar-refractivity contribution in [1.82, 2.24) is 0 Å². The smallest absolute Gasteiger partial charge is 0.748 e. The zero-order chi connectivity index (χ0) is 23.8. The van der Waals surface area contributed by atoms with E-state index in [0.717, 1.165) is 15.8 Å². The molecule has 0 amide bonds. The van der Waals surface area contributed by atoms with Crippen LogP contribution >= 0.6 is 11.3 Å². The van der Waals surface area contributed by atoms with Gasteiger partial charge in [-0.05, 0) is 37.1 Å². The molecule has 0 unspecified atom stereocenters. The summed E-state index contributed by atoms with van der Waals surface area (Å²) in [5.41, 5.74) is 2.41. The molecule has 0 spiro atoms. The van der Waals surface area contributed by atoms with Crippen molar-refractivity contribution in [3.63, 3.8) is 0 Å². The molecule has 3 aromatic rings. The van der Waals surface area contributed by atoms with Crippen LogP contribution in [0, 0.1) is 6.92 Å². The summed E-state index contributed by atoms with van der Waals surface area (Å²) in [7, 11) is -2.83. The number of benzene rings is 2. The van der Waals surface area contributed by atoms with Crippen LogP contribution < -0.4 is 53.6 Å². The Balaban J connectivity index is 0.00000324. The molecule has 0 fully saturated rings. The molecule has 0 aliphatic carbocycles. The summed E-state index contributed by atoms with van der Waals surface area (Å²) < 4.78 is 47.1. The number of aromatic nitrogens is 1. The fourth-order valence-electron chi connectivity index (χ4n) is 3.66. The molecule has 1 aliphatic rings. The monoisotopic (exact) mass is 512 g/mol. The number of rotatable bonds is 8. The van der Waals surface area contributed by atoms with Gasteiger partial charge in [0, 0.05) is 24.4 Å². The Kier molecular flexibility index (Phi) is 8.27. The van der Waals surface area contributed by atoms with Crippen LogP contribution in [-0.4, -0.2) is 38.3 Å². The normalized spacial score (nSPS) is 14.1. The molecule has 0 atom stereocenters. The maximum Gasteiger partial charge on any atom is 1.00 e. The average molecular weight is 513 g/mol. The van der Waals surface area contributed by atoms with E-state index in [2.05, 4.69) is 0 Å². The number of nitrogens with zero attached hydrogens (tertiary/aromatic N) is 2. The van der Waals surface area contributed by atoms with Crippen LogP contribution in [-0.2, 0) is 21.5 Å². The maximum atomic E-state index is 11.4. The number of carboxylic acids is 1. The fourth-order valence-corrected chi connectivity index (χ4v) is 5.21. The van der Waals surface area contributed by atoms with Gasteiger partial charge in [-0.2, -0.15) is 4.57 Å². The van der Waals surface area contributed by atoms with E-state index in [-0.39, 0.29) is 49.1 Å². The number of hydrogen-bond donors (Lipinski definition) is 0. The molecule has 9 nitrogen and oxygen atoms in total. The van der Waals surface area contributed by atoms with Crippen molar-refractivity contribution in [3.05, 3.63) is 52.9 Å². The van der Waals surface area contributed by atoms with E-state index in [1.54, 1.807) is 33.7 Å². The Hall–Kier alpha value is -2.15. The number of thiazole rings is 1. The number of carbonyl (C=O) groups excluding carboxylic acids is 1. The second-order valence-electron chi connectivity index (χ2n) is 7.55. The summed E-state index contributed by atoms with van der Waals surface area (Å²) in [6.07, 6.45) is 1.80. The maximum absolute atomic E-state index is 11.4. The summed E-state index contributed by atoms with van der Waals surface area (Å²) in [5, 5.41) is 12.1. The first-order chi connectivity index (χ1) is 15.6. The van der Waals surface area contributed by atoms with Gasteiger partial charge in [-0.1, -0.05) is 17.4 Å². The van der Waals surface area contributed by atoms with Gasteiger partial charge in [0.15, 0.2) is 12.3 Å². The van der Waals surface area contributed by atoms with Gasteiger partial charge in [-0.3, -0.25) is 0 Å². The van der Waals surface area contributed by atoms with Gasteiger partial charge in [-0.25, -0.2) is 8.42 Å².